The number of nitrogens with one attached hydrogen (secondary N) is 1. The maximum Gasteiger partial charge on any atom is 0.262 e. The van der Waals surface area contributed by atoms with Crippen molar-refractivity contribution in [3.8, 4) is 28.6 Å². The summed E-state index contributed by atoms with van der Waals surface area (Å²) in [5.74, 6) is 1.23. The highest BCUT2D eigenvalue weighted by molar-refractivity contribution is 5.92. The first kappa shape index (κ1) is 19.4. The molecule has 0 radical (unpaired) electrons. The molecular formula is C24H21N3O3. The van der Waals surface area contributed by atoms with Crippen molar-refractivity contribution < 1.29 is 14.1 Å². The van der Waals surface area contributed by atoms with Crippen LogP contribution in [-0.2, 0) is 4.79 Å². The van der Waals surface area contributed by atoms with Gasteiger partial charge in [-0.3, -0.25) is 4.79 Å². The molecular weight excluding hydrogens is 378 g/mol. The molecule has 0 saturated heterocycles. The summed E-state index contributed by atoms with van der Waals surface area (Å²) in [5.41, 5.74) is 4.55. The van der Waals surface area contributed by atoms with E-state index in [1.807, 2.05) is 74.5 Å². The molecule has 1 N–H and O–H groups in total. The largest absolute Gasteiger partial charge is 0.484 e. The van der Waals surface area contributed by atoms with Crippen LogP contribution in [0.1, 0.15) is 11.1 Å². The summed E-state index contributed by atoms with van der Waals surface area (Å²) in [6.07, 6.45) is 0. The average molecular weight is 399 g/mol. The van der Waals surface area contributed by atoms with E-state index in [4.69, 9.17) is 9.26 Å². The molecule has 150 valence electrons. The number of hydrogen-bond acceptors (Lipinski definition) is 5. The lowest BCUT2D eigenvalue weighted by molar-refractivity contribution is -0.118. The Bertz CT molecular complexity index is 1170. The number of ether oxygens (including phenoxy) is 1. The molecule has 0 atom stereocenters. The summed E-state index contributed by atoms with van der Waals surface area (Å²) in [7, 11) is 0. The van der Waals surface area contributed by atoms with Gasteiger partial charge in [-0.25, -0.2) is 0 Å². The van der Waals surface area contributed by atoms with E-state index in [0.29, 0.717) is 17.5 Å². The molecule has 0 fully saturated rings. The van der Waals surface area contributed by atoms with Crippen molar-refractivity contribution >= 4 is 11.6 Å². The zero-order chi connectivity index (χ0) is 20.9. The number of carbonyl (C=O) groups is 1. The first-order valence-corrected chi connectivity index (χ1v) is 9.58. The second-order valence-electron chi connectivity index (χ2n) is 6.90. The number of anilines is 1. The molecule has 0 bridgehead atoms. The fourth-order valence-electron chi connectivity index (χ4n) is 2.99. The van der Waals surface area contributed by atoms with Gasteiger partial charge in [0.15, 0.2) is 6.61 Å². The van der Waals surface area contributed by atoms with E-state index in [2.05, 4.69) is 15.5 Å². The smallest absolute Gasteiger partial charge is 0.262 e. The molecule has 0 aliphatic heterocycles. The summed E-state index contributed by atoms with van der Waals surface area (Å²) in [4.78, 5) is 16.7. The van der Waals surface area contributed by atoms with Crippen LogP contribution in [-0.4, -0.2) is 22.7 Å². The fraction of sp³-hybridized carbons (Fsp3) is 0.125. The molecule has 0 aliphatic carbocycles. The third kappa shape index (κ3) is 4.38. The molecule has 6 heteroatoms. The number of amides is 1. The number of aromatic nitrogens is 2. The van der Waals surface area contributed by atoms with Crippen LogP contribution in [0.5, 0.6) is 5.75 Å². The highest BCUT2D eigenvalue weighted by atomic mass is 16.5. The number of carbonyl (C=O) groups excluding carboxylic acids is 1. The number of hydrogen-bond donors (Lipinski definition) is 1. The predicted octanol–water partition coefficient (Wildman–Crippen LogP) is 5.04. The molecule has 1 amide bonds. The minimum Gasteiger partial charge on any atom is -0.484 e. The normalized spacial score (nSPS) is 10.6. The Morgan fingerprint density at radius 3 is 2.57 bits per heavy atom. The molecule has 0 spiro atoms. The topological polar surface area (TPSA) is 77.2 Å². The first-order chi connectivity index (χ1) is 14.6. The molecule has 3 aromatic carbocycles. The van der Waals surface area contributed by atoms with E-state index in [-0.39, 0.29) is 12.5 Å². The molecule has 6 nitrogen and oxygen atoms in total. The van der Waals surface area contributed by atoms with Gasteiger partial charge in [-0.2, -0.15) is 4.98 Å². The molecule has 0 aliphatic rings. The van der Waals surface area contributed by atoms with E-state index in [1.165, 1.54) is 0 Å². The zero-order valence-corrected chi connectivity index (χ0v) is 16.8. The maximum atomic E-state index is 12.3. The minimum absolute atomic E-state index is 0.101. The number of nitrogens with zero attached hydrogens (tertiary/aromatic N) is 2. The second kappa shape index (κ2) is 8.61. The zero-order valence-electron chi connectivity index (χ0n) is 16.8. The van der Waals surface area contributed by atoms with Crippen LogP contribution in [0.2, 0.25) is 0 Å². The molecule has 4 aromatic rings. The van der Waals surface area contributed by atoms with Crippen molar-refractivity contribution in [2.24, 2.45) is 0 Å². The summed E-state index contributed by atoms with van der Waals surface area (Å²) in [6, 6.07) is 22.6. The van der Waals surface area contributed by atoms with Crippen LogP contribution in [0.4, 0.5) is 5.69 Å². The Balaban J connectivity index is 1.42. The summed E-state index contributed by atoms with van der Waals surface area (Å²) < 4.78 is 11.1. The van der Waals surface area contributed by atoms with Gasteiger partial charge in [0.1, 0.15) is 5.75 Å². The van der Waals surface area contributed by atoms with Crippen LogP contribution >= 0.6 is 0 Å². The first-order valence-electron chi connectivity index (χ1n) is 9.58. The van der Waals surface area contributed by atoms with E-state index < -0.39 is 0 Å². The van der Waals surface area contributed by atoms with Crippen LogP contribution < -0.4 is 10.1 Å². The third-order valence-corrected chi connectivity index (χ3v) is 4.79. The standard InChI is InChI=1S/C24H21N3O3/c1-16-8-6-13-21(17(16)2)25-22(28)15-29-20-12-7-11-19(14-20)24-26-23(27-30-24)18-9-4-3-5-10-18/h3-14H,15H2,1-2H3,(H,25,28). The van der Waals surface area contributed by atoms with Gasteiger partial charge in [0.2, 0.25) is 5.82 Å². The highest BCUT2D eigenvalue weighted by Gasteiger charge is 2.12. The van der Waals surface area contributed by atoms with Crippen molar-refractivity contribution in [3.63, 3.8) is 0 Å². The Kier molecular flexibility index (Phi) is 5.57. The van der Waals surface area contributed by atoms with Crippen molar-refractivity contribution in [2.45, 2.75) is 13.8 Å². The van der Waals surface area contributed by atoms with Gasteiger partial charge in [0, 0.05) is 16.8 Å². The molecule has 4 rings (SSSR count). The van der Waals surface area contributed by atoms with Gasteiger partial charge in [-0.15, -0.1) is 0 Å². The fourth-order valence-corrected chi connectivity index (χ4v) is 2.99. The van der Waals surface area contributed by atoms with Gasteiger partial charge in [0.05, 0.1) is 0 Å². The van der Waals surface area contributed by atoms with Gasteiger partial charge in [-0.1, -0.05) is 53.7 Å². The van der Waals surface area contributed by atoms with E-state index >= 15 is 0 Å². The molecule has 1 aromatic heterocycles. The van der Waals surface area contributed by atoms with Crippen LogP contribution in [0.25, 0.3) is 22.8 Å². The Morgan fingerprint density at radius 2 is 1.73 bits per heavy atom. The van der Waals surface area contributed by atoms with Crippen molar-refractivity contribution in [3.05, 3.63) is 83.9 Å². The lowest BCUT2D eigenvalue weighted by Gasteiger charge is -2.11. The lowest BCUT2D eigenvalue weighted by Crippen LogP contribution is -2.20. The summed E-state index contributed by atoms with van der Waals surface area (Å²) in [6.45, 7) is 3.88. The van der Waals surface area contributed by atoms with Crippen LogP contribution in [0, 0.1) is 13.8 Å². The molecule has 30 heavy (non-hydrogen) atoms. The quantitative estimate of drug-likeness (QED) is 0.492. The average Bonchev–Trinajstić information content (AvgIpc) is 3.27. The van der Waals surface area contributed by atoms with Crippen LogP contribution in [0.15, 0.2) is 77.3 Å². The van der Waals surface area contributed by atoms with E-state index in [0.717, 1.165) is 27.9 Å². The van der Waals surface area contributed by atoms with Crippen LogP contribution in [0.3, 0.4) is 0 Å². The SMILES string of the molecule is Cc1cccc(NC(=O)COc2cccc(-c3nc(-c4ccccc4)no3)c2)c1C. The number of rotatable bonds is 6. The molecule has 0 unspecified atom stereocenters. The molecule has 0 saturated carbocycles. The monoisotopic (exact) mass is 399 g/mol. The Hall–Kier alpha value is -3.93. The highest BCUT2D eigenvalue weighted by Crippen LogP contribution is 2.25. The van der Waals surface area contributed by atoms with Gasteiger partial charge in [-0.05, 0) is 49.2 Å². The number of aryl methyl sites for hydroxylation is 1. The van der Waals surface area contributed by atoms with Gasteiger partial charge >= 0.3 is 0 Å². The van der Waals surface area contributed by atoms with Crippen molar-refractivity contribution in [1.29, 1.82) is 0 Å². The second-order valence-corrected chi connectivity index (χ2v) is 6.90. The molecule has 1 heterocycles. The Morgan fingerprint density at radius 1 is 0.967 bits per heavy atom. The van der Waals surface area contributed by atoms with Gasteiger partial charge < -0.3 is 14.6 Å². The Labute approximate surface area is 174 Å². The maximum absolute atomic E-state index is 12.3. The summed E-state index contributed by atoms with van der Waals surface area (Å²) in [5, 5.41) is 6.92. The predicted molar refractivity (Wildman–Crippen MR) is 115 cm³/mol. The third-order valence-electron chi connectivity index (χ3n) is 4.79. The van der Waals surface area contributed by atoms with E-state index in [1.54, 1.807) is 12.1 Å². The van der Waals surface area contributed by atoms with E-state index in [9.17, 15) is 4.79 Å². The summed E-state index contributed by atoms with van der Waals surface area (Å²) >= 11 is 0. The van der Waals surface area contributed by atoms with Crippen molar-refractivity contribution in [1.82, 2.24) is 10.1 Å². The minimum atomic E-state index is -0.224. The number of benzene rings is 3. The van der Waals surface area contributed by atoms with Gasteiger partial charge in [0.25, 0.3) is 11.8 Å². The lowest BCUT2D eigenvalue weighted by atomic mass is 10.1. The van der Waals surface area contributed by atoms with Crippen molar-refractivity contribution in [2.75, 3.05) is 11.9 Å².